The van der Waals surface area contributed by atoms with Gasteiger partial charge >= 0.3 is 0 Å². The van der Waals surface area contributed by atoms with Crippen LogP contribution in [0.1, 0.15) is 24.5 Å². The molecule has 2 nitrogen and oxygen atoms in total. The Morgan fingerprint density at radius 1 is 1.36 bits per heavy atom. The number of rotatable bonds is 2. The third-order valence-corrected chi connectivity index (χ3v) is 3.05. The van der Waals surface area contributed by atoms with E-state index in [9.17, 15) is 5.11 Å². The average Bonchev–Trinajstić information content (AvgIpc) is 2.65. The highest BCUT2D eigenvalue weighted by atomic mass is 16.3. The lowest BCUT2D eigenvalue weighted by Crippen LogP contribution is -2.30. The van der Waals surface area contributed by atoms with Crippen molar-refractivity contribution in [3.63, 3.8) is 0 Å². The summed E-state index contributed by atoms with van der Waals surface area (Å²) in [5.74, 6) is 0. The molecule has 1 unspecified atom stereocenters. The molecule has 14 heavy (non-hydrogen) atoms. The number of benzene rings is 1. The van der Waals surface area contributed by atoms with Gasteiger partial charge in [0.05, 0.1) is 0 Å². The van der Waals surface area contributed by atoms with Crippen LogP contribution in [-0.2, 0) is 5.11 Å². The second-order valence-electron chi connectivity index (χ2n) is 4.02. The molecule has 0 saturated carbocycles. The van der Waals surface area contributed by atoms with Crippen LogP contribution in [0.3, 0.4) is 0 Å². The van der Waals surface area contributed by atoms with E-state index in [4.69, 9.17) is 0 Å². The maximum Gasteiger partial charge on any atom is 0.133 e. The molecule has 0 bridgehead atoms. The van der Waals surface area contributed by atoms with Crippen molar-refractivity contribution in [3.05, 3.63) is 35.9 Å². The van der Waals surface area contributed by atoms with Crippen LogP contribution in [0.5, 0.6) is 0 Å². The van der Waals surface area contributed by atoms with Gasteiger partial charge in [0.25, 0.3) is 0 Å². The van der Waals surface area contributed by atoms with E-state index in [1.54, 1.807) is 0 Å². The second kappa shape index (κ2) is 4.11. The van der Waals surface area contributed by atoms with Gasteiger partial charge in [-0.15, -0.1) is 0 Å². The average molecular weight is 190 g/mol. The molecule has 1 aromatic rings. The Kier molecular flexibility index (Phi) is 2.85. The van der Waals surface area contributed by atoms with Crippen LogP contribution in [-0.4, -0.2) is 24.5 Å². The van der Waals surface area contributed by atoms with E-state index in [0.29, 0.717) is 0 Å². The van der Waals surface area contributed by atoms with Crippen molar-refractivity contribution in [1.29, 1.82) is 0 Å². The molecular formula is C12H16NO. The molecule has 0 aliphatic carbocycles. The molecule has 1 aliphatic heterocycles. The van der Waals surface area contributed by atoms with E-state index in [1.165, 1.54) is 0 Å². The maximum atomic E-state index is 12.1. The Balaban J connectivity index is 2.12. The largest absolute Gasteiger partial charge is 0.300 e. The molecule has 0 spiro atoms. The van der Waals surface area contributed by atoms with Crippen molar-refractivity contribution in [2.45, 2.75) is 25.0 Å². The monoisotopic (exact) mass is 190 g/mol. The van der Waals surface area contributed by atoms with E-state index in [1.807, 2.05) is 37.4 Å². The zero-order valence-corrected chi connectivity index (χ0v) is 8.52. The maximum absolute atomic E-state index is 12.1. The lowest BCUT2D eigenvalue weighted by Gasteiger charge is -2.23. The fourth-order valence-corrected chi connectivity index (χ4v) is 2.18. The fraction of sp³-hybridized carbons (Fsp3) is 0.500. The van der Waals surface area contributed by atoms with Crippen molar-refractivity contribution in [3.8, 4) is 0 Å². The first-order chi connectivity index (χ1) is 6.79. The lowest BCUT2D eigenvalue weighted by molar-refractivity contribution is 0.0237. The predicted octanol–water partition coefficient (Wildman–Crippen LogP) is 2.25. The van der Waals surface area contributed by atoms with Gasteiger partial charge in [-0.25, -0.2) is 5.11 Å². The molecule has 1 aliphatic rings. The molecular weight excluding hydrogens is 174 g/mol. The second-order valence-corrected chi connectivity index (χ2v) is 4.02. The zero-order valence-electron chi connectivity index (χ0n) is 8.52. The van der Waals surface area contributed by atoms with Crippen molar-refractivity contribution in [1.82, 2.24) is 4.90 Å². The lowest BCUT2D eigenvalue weighted by atomic mass is 10.0. The standard InChI is InChI=1S/C12H16NO/c1-13-9-5-8-11(13)12(14)10-6-3-2-4-7-10/h2-4,6-7,11-12H,5,8-9H2,1H3/t11-,12?/m1/s1. The van der Waals surface area contributed by atoms with Gasteiger partial charge < -0.3 is 4.90 Å². The van der Waals surface area contributed by atoms with Crippen LogP contribution in [0.4, 0.5) is 0 Å². The van der Waals surface area contributed by atoms with Crippen molar-refractivity contribution < 1.29 is 5.11 Å². The summed E-state index contributed by atoms with van der Waals surface area (Å²) >= 11 is 0. The molecule has 2 rings (SSSR count). The number of hydrogen-bond donors (Lipinski definition) is 0. The summed E-state index contributed by atoms with van der Waals surface area (Å²) in [5.41, 5.74) is 0.922. The van der Waals surface area contributed by atoms with Gasteiger partial charge in [0.15, 0.2) is 0 Å². The summed E-state index contributed by atoms with van der Waals surface area (Å²) in [6, 6.07) is 9.89. The number of nitrogens with zero attached hydrogens (tertiary/aromatic N) is 1. The number of likely N-dealkylation sites (N-methyl/N-ethyl adjacent to an activating group) is 1. The van der Waals surface area contributed by atoms with Gasteiger partial charge in [0.2, 0.25) is 0 Å². The van der Waals surface area contributed by atoms with Crippen molar-refractivity contribution in [2.75, 3.05) is 13.6 Å². The molecule has 1 heterocycles. The smallest absolute Gasteiger partial charge is 0.133 e. The molecule has 75 valence electrons. The summed E-state index contributed by atoms with van der Waals surface area (Å²) in [7, 11) is 2.05. The van der Waals surface area contributed by atoms with E-state index in [-0.39, 0.29) is 6.04 Å². The Labute approximate surface area is 85.2 Å². The Morgan fingerprint density at radius 2 is 2.07 bits per heavy atom. The van der Waals surface area contributed by atoms with Gasteiger partial charge in [-0.1, -0.05) is 30.3 Å². The highest BCUT2D eigenvalue weighted by Gasteiger charge is 2.29. The van der Waals surface area contributed by atoms with E-state index in [2.05, 4.69) is 4.90 Å². The third kappa shape index (κ3) is 1.81. The van der Waals surface area contributed by atoms with Crippen molar-refractivity contribution >= 4 is 0 Å². The third-order valence-electron chi connectivity index (χ3n) is 3.05. The van der Waals surface area contributed by atoms with Crippen LogP contribution in [0.2, 0.25) is 0 Å². The predicted molar refractivity (Wildman–Crippen MR) is 55.5 cm³/mol. The van der Waals surface area contributed by atoms with Crippen LogP contribution < -0.4 is 0 Å². The molecule has 1 radical (unpaired) electrons. The first-order valence-corrected chi connectivity index (χ1v) is 5.20. The Hall–Kier alpha value is -0.860. The molecule has 0 amide bonds. The minimum Gasteiger partial charge on any atom is -0.300 e. The quantitative estimate of drug-likeness (QED) is 0.701. The first-order valence-electron chi connectivity index (χ1n) is 5.20. The summed E-state index contributed by atoms with van der Waals surface area (Å²) in [6.07, 6.45) is 1.62. The van der Waals surface area contributed by atoms with Crippen LogP contribution in [0.25, 0.3) is 0 Å². The molecule has 0 N–H and O–H groups in total. The van der Waals surface area contributed by atoms with E-state index < -0.39 is 6.10 Å². The molecule has 1 aromatic carbocycles. The molecule has 0 aromatic heterocycles. The summed E-state index contributed by atoms with van der Waals surface area (Å²) in [5, 5.41) is 12.1. The molecule has 1 saturated heterocycles. The molecule has 2 atom stereocenters. The van der Waals surface area contributed by atoms with Crippen molar-refractivity contribution in [2.24, 2.45) is 0 Å². The topological polar surface area (TPSA) is 23.1 Å². The Bertz CT molecular complexity index is 286. The summed E-state index contributed by atoms with van der Waals surface area (Å²) in [4.78, 5) is 2.19. The normalized spacial score (nSPS) is 25.1. The zero-order chi connectivity index (χ0) is 9.97. The summed E-state index contributed by atoms with van der Waals surface area (Å²) in [6.45, 7) is 1.07. The SMILES string of the molecule is CN1CCC[C@@H]1C([O])c1ccccc1. The van der Waals surface area contributed by atoms with Gasteiger partial charge in [0.1, 0.15) is 6.10 Å². The highest BCUT2D eigenvalue weighted by Crippen LogP contribution is 2.28. The molecule has 1 fully saturated rings. The van der Waals surface area contributed by atoms with Crippen LogP contribution in [0, 0.1) is 0 Å². The minimum atomic E-state index is -0.580. The minimum absolute atomic E-state index is 0.192. The summed E-state index contributed by atoms with van der Waals surface area (Å²) < 4.78 is 0. The first kappa shape index (κ1) is 9.69. The van der Waals surface area contributed by atoms with E-state index in [0.717, 1.165) is 24.9 Å². The van der Waals surface area contributed by atoms with E-state index >= 15 is 0 Å². The van der Waals surface area contributed by atoms with Gasteiger partial charge in [-0.2, -0.15) is 0 Å². The number of hydrogen-bond acceptors (Lipinski definition) is 1. The van der Waals surface area contributed by atoms with Gasteiger partial charge in [0, 0.05) is 6.04 Å². The number of likely N-dealkylation sites (tertiary alicyclic amines) is 1. The Morgan fingerprint density at radius 3 is 2.64 bits per heavy atom. The highest BCUT2D eigenvalue weighted by molar-refractivity contribution is 5.19. The molecule has 2 heteroatoms. The van der Waals surface area contributed by atoms with Gasteiger partial charge in [-0.05, 0) is 32.0 Å². The fourth-order valence-electron chi connectivity index (χ4n) is 2.18. The van der Waals surface area contributed by atoms with Crippen LogP contribution >= 0.6 is 0 Å². The van der Waals surface area contributed by atoms with Gasteiger partial charge in [-0.3, -0.25) is 0 Å². The van der Waals surface area contributed by atoms with Crippen LogP contribution in [0.15, 0.2) is 30.3 Å².